The average Bonchev–Trinajstić information content (AvgIpc) is 4.32. The van der Waals surface area contributed by atoms with Gasteiger partial charge in [0.1, 0.15) is 42.4 Å². The second kappa shape index (κ2) is 25.7. The van der Waals surface area contributed by atoms with Crippen LogP contribution in [0.4, 0.5) is 34.3 Å². The standard InChI is InChI=1S/C34H40F2N6O5.C22H27F2N5O2.C2H6/c1-21(40(5)33(45)46-20-22-10-7-6-8-11-22)30(43)39-29(34(2,3)4)31(44)41-17-14-26-28(41)27(19-42(26)32-37-15-9-16-38-32)47-23-12-13-24(35)25(36)18-23;1-22(2,3)19(25)20(30)28-10-7-16-18(28)17(12-29(16)21-26-8-4-9-27-21)31-13-5-6-14(23)15(24)11-13;1-2/h6-13,15-16,18,21,26-29H,14,17,19-20H2,1-5H3,(H,39,43);4-6,8-9,11,16-19H,7,10,12,25H2,1-3H3;1-2H3/t21-,26+,27-,28-,29+;16-,17+,18+,19-;/m01./s1. The van der Waals surface area contributed by atoms with Gasteiger partial charge < -0.3 is 44.9 Å². The van der Waals surface area contributed by atoms with E-state index in [2.05, 4.69) is 25.3 Å². The summed E-state index contributed by atoms with van der Waals surface area (Å²) in [7, 11) is 1.47. The van der Waals surface area contributed by atoms with E-state index in [0.717, 1.165) is 29.8 Å². The summed E-state index contributed by atoms with van der Waals surface area (Å²) in [4.78, 5) is 80.1. The molecule has 9 atom stereocenters. The summed E-state index contributed by atoms with van der Waals surface area (Å²) in [5.74, 6) is -3.61. The van der Waals surface area contributed by atoms with Crippen molar-refractivity contribution in [2.24, 2.45) is 16.6 Å². The van der Waals surface area contributed by atoms with Gasteiger partial charge in [-0.2, -0.15) is 0 Å². The highest BCUT2D eigenvalue weighted by Gasteiger charge is 2.55. The number of aromatic nitrogens is 4. The number of nitrogens with two attached hydrogens (primary N) is 1. The zero-order chi connectivity index (χ0) is 58.2. The van der Waals surface area contributed by atoms with E-state index in [1.165, 1.54) is 24.1 Å². The van der Waals surface area contributed by atoms with Crippen LogP contribution < -0.4 is 30.3 Å². The number of anilines is 2. The number of hydrogen-bond donors (Lipinski definition) is 2. The van der Waals surface area contributed by atoms with Gasteiger partial charge >= 0.3 is 6.09 Å². The van der Waals surface area contributed by atoms with Crippen LogP contribution in [0, 0.1) is 34.1 Å². The molecule has 3 N–H and O–H groups in total. The van der Waals surface area contributed by atoms with Crippen molar-refractivity contribution in [1.29, 1.82) is 0 Å². The van der Waals surface area contributed by atoms with Crippen LogP contribution in [0.25, 0.3) is 0 Å². The number of rotatable bonds is 13. The Balaban J connectivity index is 0.000000242. The molecule has 4 saturated heterocycles. The molecular weight excluding hydrogens is 1040 g/mol. The first-order chi connectivity index (χ1) is 38.0. The molecule has 5 aromatic rings. The summed E-state index contributed by atoms with van der Waals surface area (Å²) in [6, 6.07) is 15.7. The molecule has 4 aliphatic rings. The molecule has 2 aromatic heterocycles. The Hall–Kier alpha value is -7.62. The number of carbonyl (C=O) groups excluding carboxylic acids is 4. The Bertz CT molecular complexity index is 2910. The van der Waals surface area contributed by atoms with E-state index in [9.17, 15) is 36.7 Å². The number of ether oxygens (including phenoxy) is 3. The van der Waals surface area contributed by atoms with Crippen molar-refractivity contribution in [3.63, 3.8) is 0 Å². The summed E-state index contributed by atoms with van der Waals surface area (Å²) in [6.45, 7) is 18.5. The number of carbonyl (C=O) groups is 4. The second-order valence-corrected chi connectivity index (χ2v) is 22.1. The van der Waals surface area contributed by atoms with Crippen LogP contribution in [-0.2, 0) is 25.7 Å². The van der Waals surface area contributed by atoms with E-state index < -0.39 is 82.5 Å². The van der Waals surface area contributed by atoms with Gasteiger partial charge in [-0.05, 0) is 72.6 Å². The van der Waals surface area contributed by atoms with Crippen molar-refractivity contribution in [1.82, 2.24) is 40.0 Å². The third-order valence-electron chi connectivity index (χ3n) is 14.7. The van der Waals surface area contributed by atoms with Gasteiger partial charge in [-0.15, -0.1) is 0 Å². The second-order valence-electron chi connectivity index (χ2n) is 22.1. The number of benzene rings is 3. The summed E-state index contributed by atoms with van der Waals surface area (Å²) >= 11 is 0. The molecule has 4 aliphatic heterocycles. The lowest BCUT2D eigenvalue weighted by atomic mass is 9.85. The Morgan fingerprint density at radius 1 is 0.662 bits per heavy atom. The maximum absolute atomic E-state index is 14.4. The highest BCUT2D eigenvalue weighted by atomic mass is 19.2. The lowest BCUT2D eigenvalue weighted by Gasteiger charge is -2.37. The maximum atomic E-state index is 14.4. The Labute approximate surface area is 465 Å². The van der Waals surface area contributed by atoms with Crippen molar-refractivity contribution < 1.29 is 51.0 Å². The number of hydrogen-bond acceptors (Lipinski definition) is 14. The summed E-state index contributed by atoms with van der Waals surface area (Å²) < 4.78 is 72.5. The van der Waals surface area contributed by atoms with E-state index in [0.29, 0.717) is 50.9 Å². The van der Waals surface area contributed by atoms with Crippen molar-refractivity contribution in [2.75, 3.05) is 43.0 Å². The molecule has 0 radical (unpaired) electrons. The molecule has 0 aliphatic carbocycles. The van der Waals surface area contributed by atoms with Crippen molar-refractivity contribution in [3.8, 4) is 11.5 Å². The monoisotopic (exact) mass is 1110 g/mol. The lowest BCUT2D eigenvalue weighted by Crippen LogP contribution is -2.60. The van der Waals surface area contributed by atoms with Crippen LogP contribution in [0.3, 0.4) is 0 Å². The lowest BCUT2D eigenvalue weighted by molar-refractivity contribution is -0.142. The SMILES string of the molecule is CC.CC(C)(C)[C@H](N)C(=O)N1CC[C@@H]2[C@H]1[C@@H](Oc1ccc(F)c(F)c1)CN2c1ncccn1.C[C@@H](C(=O)N[C@H](C(=O)N1CC[C@@H]2[C@H]1[C@@H](Oc1ccc(F)c(F)c1)CN2c1ncccn1)C(C)(C)C)N(C)C(=O)OCc1ccccc1. The number of fused-ring (bicyclic) bond motifs is 2. The number of nitrogens with one attached hydrogen (secondary N) is 1. The van der Waals surface area contributed by atoms with Crippen molar-refractivity contribution in [2.45, 2.75) is 136 Å². The topological polar surface area (TPSA) is 202 Å². The van der Waals surface area contributed by atoms with Crippen LogP contribution >= 0.6 is 0 Å². The first-order valence-corrected chi connectivity index (χ1v) is 26.9. The highest BCUT2D eigenvalue weighted by Crippen LogP contribution is 2.39. The Kier molecular flexibility index (Phi) is 19.3. The van der Waals surface area contributed by atoms with Gasteiger partial charge in [0, 0.05) is 57.1 Å². The first kappa shape index (κ1) is 60.0. The summed E-state index contributed by atoms with van der Waals surface area (Å²) in [5, 5.41) is 2.89. The Morgan fingerprint density at radius 2 is 1.11 bits per heavy atom. The van der Waals surface area contributed by atoms with E-state index in [-0.39, 0.29) is 48.0 Å². The molecule has 0 spiro atoms. The number of likely N-dealkylation sites (tertiary alicyclic amines) is 2. The quantitative estimate of drug-likeness (QED) is 0.109. The van der Waals surface area contributed by atoms with E-state index in [4.69, 9.17) is 19.9 Å². The molecular formula is C58H73F4N11O7. The molecule has 0 bridgehead atoms. The molecule has 6 heterocycles. The molecule has 4 amide bonds. The van der Waals surface area contributed by atoms with Crippen LogP contribution in [0.1, 0.15) is 80.7 Å². The fourth-order valence-electron chi connectivity index (χ4n) is 10.3. The van der Waals surface area contributed by atoms with Gasteiger partial charge in [0.2, 0.25) is 29.6 Å². The average molecular weight is 1110 g/mol. The number of likely N-dealkylation sites (N-methyl/N-ethyl adjacent to an activating group) is 1. The van der Waals surface area contributed by atoms with Gasteiger partial charge in [0.15, 0.2) is 23.3 Å². The number of amides is 4. The molecule has 18 nitrogen and oxygen atoms in total. The van der Waals surface area contributed by atoms with Gasteiger partial charge in [-0.1, -0.05) is 85.7 Å². The van der Waals surface area contributed by atoms with E-state index >= 15 is 0 Å². The van der Waals surface area contributed by atoms with Crippen LogP contribution in [0.15, 0.2) is 104 Å². The van der Waals surface area contributed by atoms with Crippen LogP contribution in [0.5, 0.6) is 11.5 Å². The predicted molar refractivity (Wildman–Crippen MR) is 292 cm³/mol. The summed E-state index contributed by atoms with van der Waals surface area (Å²) in [5.41, 5.74) is 5.98. The highest BCUT2D eigenvalue weighted by molar-refractivity contribution is 5.92. The number of halogens is 4. The van der Waals surface area contributed by atoms with Crippen molar-refractivity contribution >= 4 is 35.7 Å². The minimum absolute atomic E-state index is 0.0534. The van der Waals surface area contributed by atoms with Crippen LogP contribution in [0.2, 0.25) is 0 Å². The van der Waals surface area contributed by atoms with Gasteiger partial charge in [-0.25, -0.2) is 42.3 Å². The van der Waals surface area contributed by atoms with Gasteiger partial charge in [0.25, 0.3) is 0 Å². The zero-order valence-electron chi connectivity index (χ0n) is 46.9. The molecule has 4 fully saturated rings. The van der Waals surface area contributed by atoms with E-state index in [1.807, 2.05) is 95.5 Å². The zero-order valence-corrected chi connectivity index (χ0v) is 46.9. The predicted octanol–water partition coefficient (Wildman–Crippen LogP) is 7.57. The summed E-state index contributed by atoms with van der Waals surface area (Å²) in [6.07, 6.45) is 6.07. The maximum Gasteiger partial charge on any atom is 0.410 e. The molecule has 430 valence electrons. The third kappa shape index (κ3) is 13.7. The fraction of sp³-hybridized carbons (Fsp3) is 0.483. The molecule has 9 rings (SSSR count). The van der Waals surface area contributed by atoms with Crippen LogP contribution in [-0.4, -0.2) is 146 Å². The normalized spacial score (nSPS) is 21.4. The molecule has 0 saturated carbocycles. The molecule has 80 heavy (non-hydrogen) atoms. The van der Waals surface area contributed by atoms with Crippen molar-refractivity contribution in [3.05, 3.63) is 132 Å². The first-order valence-electron chi connectivity index (χ1n) is 26.9. The molecule has 3 aromatic carbocycles. The van der Waals surface area contributed by atoms with E-state index in [1.54, 1.807) is 53.6 Å². The third-order valence-corrected chi connectivity index (χ3v) is 14.7. The minimum atomic E-state index is -1.04. The van der Waals surface area contributed by atoms with Gasteiger partial charge in [0.05, 0.1) is 43.3 Å². The Morgan fingerprint density at radius 3 is 1.54 bits per heavy atom. The minimum Gasteiger partial charge on any atom is -0.486 e. The molecule has 0 unspecified atom stereocenters. The molecule has 22 heteroatoms. The number of nitrogens with zero attached hydrogens (tertiary/aromatic N) is 9. The largest absolute Gasteiger partial charge is 0.486 e. The van der Waals surface area contributed by atoms with Gasteiger partial charge in [-0.3, -0.25) is 19.3 Å². The fourth-order valence-corrected chi connectivity index (χ4v) is 10.3. The smallest absolute Gasteiger partial charge is 0.410 e.